The monoisotopic (exact) mass is 362 g/mol. The molecule has 0 amide bonds. The van der Waals surface area contributed by atoms with Gasteiger partial charge in [-0.15, -0.1) is 0 Å². The van der Waals surface area contributed by atoms with E-state index in [0.717, 1.165) is 6.42 Å². The quantitative estimate of drug-likeness (QED) is 0.732. The van der Waals surface area contributed by atoms with Crippen molar-refractivity contribution in [1.82, 2.24) is 4.31 Å². The highest BCUT2D eigenvalue weighted by atomic mass is 32.2. The minimum atomic E-state index is -3.61. The van der Waals surface area contributed by atoms with E-state index >= 15 is 0 Å². The number of unbranched alkanes of at least 4 members (excludes halogenated alkanes) is 1. The molecule has 8 heteroatoms. The summed E-state index contributed by atoms with van der Waals surface area (Å²) in [4.78, 5) is 0.0972. The molecule has 6 nitrogen and oxygen atoms in total. The third-order valence-corrected chi connectivity index (χ3v) is 6.99. The molecule has 0 aliphatic heterocycles. The van der Waals surface area contributed by atoms with Crippen LogP contribution in [0.1, 0.15) is 39.2 Å². The third-order valence-electron chi connectivity index (χ3n) is 3.58. The maximum Gasteiger partial charge on any atom is 0.243 e. The van der Waals surface area contributed by atoms with Crippen LogP contribution in [0.4, 0.5) is 5.69 Å². The molecule has 0 aliphatic carbocycles. The van der Waals surface area contributed by atoms with Crippen LogP contribution in [0.2, 0.25) is 0 Å². The van der Waals surface area contributed by atoms with Crippen molar-refractivity contribution in [2.75, 3.05) is 23.6 Å². The van der Waals surface area contributed by atoms with Gasteiger partial charge in [0.2, 0.25) is 20.0 Å². The molecular weight excluding hydrogens is 336 g/mol. The minimum Gasteiger partial charge on any atom is -0.283 e. The molecule has 0 aromatic heterocycles. The molecule has 1 aromatic carbocycles. The number of nitrogens with one attached hydrogen (secondary N) is 1. The first-order chi connectivity index (χ1) is 10.7. The van der Waals surface area contributed by atoms with Gasteiger partial charge in [0.05, 0.1) is 16.3 Å². The first kappa shape index (κ1) is 19.9. The van der Waals surface area contributed by atoms with Crippen LogP contribution >= 0.6 is 0 Å². The van der Waals surface area contributed by atoms with Crippen LogP contribution in [0.3, 0.4) is 0 Å². The zero-order valence-corrected chi connectivity index (χ0v) is 15.8. The summed E-state index contributed by atoms with van der Waals surface area (Å²) in [6.45, 7) is 7.92. The van der Waals surface area contributed by atoms with Gasteiger partial charge in [0, 0.05) is 13.1 Å². The fraction of sp³-hybridized carbons (Fsp3) is 0.600. The lowest BCUT2D eigenvalue weighted by atomic mass is 10.2. The molecule has 0 atom stereocenters. The molecule has 0 aliphatic rings. The van der Waals surface area contributed by atoms with E-state index in [0.29, 0.717) is 30.8 Å². The molecule has 0 bridgehead atoms. The highest BCUT2D eigenvalue weighted by molar-refractivity contribution is 7.92. The van der Waals surface area contributed by atoms with Crippen LogP contribution in [0.5, 0.6) is 0 Å². The standard InChI is InChI=1S/C15H26N2O4S2/c1-5-8-11-22(18,19)16-15-12-14(10-9-13(15)4)23(20,21)17(6-2)7-3/h9-10,12,16H,5-8,11H2,1-4H3. The maximum absolute atomic E-state index is 12.5. The molecule has 0 spiro atoms. The first-order valence-corrected chi connectivity index (χ1v) is 10.9. The summed E-state index contributed by atoms with van der Waals surface area (Å²) in [5.41, 5.74) is 0.998. The van der Waals surface area contributed by atoms with Crippen molar-refractivity contribution in [3.63, 3.8) is 0 Å². The maximum atomic E-state index is 12.5. The van der Waals surface area contributed by atoms with Crippen molar-refractivity contribution < 1.29 is 16.8 Å². The summed E-state index contributed by atoms with van der Waals surface area (Å²) in [5.74, 6) is 0.0238. The second kappa shape index (κ2) is 8.12. The Kier molecular flexibility index (Phi) is 7.03. The smallest absolute Gasteiger partial charge is 0.243 e. The van der Waals surface area contributed by atoms with Crippen molar-refractivity contribution in [3.05, 3.63) is 23.8 Å². The van der Waals surface area contributed by atoms with Gasteiger partial charge in [-0.1, -0.05) is 33.3 Å². The molecule has 23 heavy (non-hydrogen) atoms. The van der Waals surface area contributed by atoms with Gasteiger partial charge in [0.1, 0.15) is 0 Å². The average molecular weight is 363 g/mol. The summed E-state index contributed by atoms with van der Waals surface area (Å²) < 4.78 is 53.0. The van der Waals surface area contributed by atoms with Gasteiger partial charge in [0.25, 0.3) is 0 Å². The Bertz CT molecular complexity index is 724. The molecule has 0 saturated heterocycles. The number of anilines is 1. The Labute approximate surface area is 140 Å². The molecule has 0 saturated carbocycles. The number of benzene rings is 1. The van der Waals surface area contributed by atoms with E-state index in [-0.39, 0.29) is 10.6 Å². The van der Waals surface area contributed by atoms with E-state index in [1.54, 1.807) is 26.8 Å². The number of rotatable bonds is 9. The zero-order valence-electron chi connectivity index (χ0n) is 14.2. The SMILES string of the molecule is CCCCS(=O)(=O)Nc1cc(S(=O)(=O)N(CC)CC)ccc1C. The van der Waals surface area contributed by atoms with E-state index in [2.05, 4.69) is 4.72 Å². The Balaban J connectivity index is 3.19. The van der Waals surface area contributed by atoms with Gasteiger partial charge in [-0.2, -0.15) is 4.31 Å². The lowest BCUT2D eigenvalue weighted by molar-refractivity contribution is 0.445. The van der Waals surface area contributed by atoms with Crippen LogP contribution in [-0.2, 0) is 20.0 Å². The van der Waals surface area contributed by atoms with Crippen molar-refractivity contribution in [3.8, 4) is 0 Å². The van der Waals surface area contributed by atoms with Crippen LogP contribution in [-0.4, -0.2) is 40.0 Å². The van der Waals surface area contributed by atoms with Crippen molar-refractivity contribution in [2.45, 2.75) is 45.4 Å². The van der Waals surface area contributed by atoms with Gasteiger partial charge in [-0.05, 0) is 31.0 Å². The van der Waals surface area contributed by atoms with Gasteiger partial charge in [-0.25, -0.2) is 16.8 Å². The molecule has 1 N–H and O–H groups in total. The van der Waals surface area contributed by atoms with Gasteiger partial charge >= 0.3 is 0 Å². The highest BCUT2D eigenvalue weighted by Gasteiger charge is 2.23. The van der Waals surface area contributed by atoms with Gasteiger partial charge in [0.15, 0.2) is 0 Å². The van der Waals surface area contributed by atoms with E-state index in [1.807, 2.05) is 6.92 Å². The molecule has 0 radical (unpaired) electrons. The normalized spacial score (nSPS) is 12.6. The highest BCUT2D eigenvalue weighted by Crippen LogP contribution is 2.24. The van der Waals surface area contributed by atoms with E-state index in [1.165, 1.54) is 16.4 Å². The number of sulfonamides is 2. The summed E-state index contributed by atoms with van der Waals surface area (Å²) in [7, 11) is -7.09. The number of nitrogens with zero attached hydrogens (tertiary/aromatic N) is 1. The number of aryl methyl sites for hydroxylation is 1. The Morgan fingerprint density at radius 1 is 1.04 bits per heavy atom. The summed E-state index contributed by atoms with van der Waals surface area (Å²) in [6.07, 6.45) is 1.34. The van der Waals surface area contributed by atoms with Crippen LogP contribution < -0.4 is 4.72 Å². The van der Waals surface area contributed by atoms with Crippen LogP contribution in [0.25, 0.3) is 0 Å². The lowest BCUT2D eigenvalue weighted by Crippen LogP contribution is -2.30. The minimum absolute atomic E-state index is 0.0238. The Morgan fingerprint density at radius 3 is 2.17 bits per heavy atom. The van der Waals surface area contributed by atoms with E-state index in [4.69, 9.17) is 0 Å². The summed E-state index contributed by atoms with van der Waals surface area (Å²) in [5, 5.41) is 0. The van der Waals surface area contributed by atoms with E-state index in [9.17, 15) is 16.8 Å². The molecule has 0 unspecified atom stereocenters. The fourth-order valence-corrected chi connectivity index (χ4v) is 4.95. The van der Waals surface area contributed by atoms with Crippen molar-refractivity contribution in [2.24, 2.45) is 0 Å². The third kappa shape index (κ3) is 5.19. The average Bonchev–Trinajstić information content (AvgIpc) is 2.48. The fourth-order valence-electron chi connectivity index (χ4n) is 2.14. The summed E-state index contributed by atoms with van der Waals surface area (Å²) >= 11 is 0. The molecular formula is C15H26N2O4S2. The Hall–Kier alpha value is -1.12. The Morgan fingerprint density at radius 2 is 1.65 bits per heavy atom. The largest absolute Gasteiger partial charge is 0.283 e. The van der Waals surface area contributed by atoms with Crippen LogP contribution in [0, 0.1) is 6.92 Å². The topological polar surface area (TPSA) is 83.5 Å². The molecule has 0 fully saturated rings. The number of hydrogen-bond donors (Lipinski definition) is 1. The second-order valence-electron chi connectivity index (χ2n) is 5.34. The van der Waals surface area contributed by atoms with E-state index < -0.39 is 20.0 Å². The molecule has 1 aromatic rings. The van der Waals surface area contributed by atoms with Gasteiger partial charge in [-0.3, -0.25) is 4.72 Å². The second-order valence-corrected chi connectivity index (χ2v) is 9.12. The molecule has 1 rings (SSSR count). The predicted octanol–water partition coefficient (Wildman–Crippen LogP) is 2.57. The predicted molar refractivity (Wildman–Crippen MR) is 93.6 cm³/mol. The van der Waals surface area contributed by atoms with Crippen molar-refractivity contribution >= 4 is 25.7 Å². The lowest BCUT2D eigenvalue weighted by Gasteiger charge is -2.19. The summed E-state index contributed by atoms with van der Waals surface area (Å²) in [6, 6.07) is 4.52. The van der Waals surface area contributed by atoms with Crippen molar-refractivity contribution in [1.29, 1.82) is 0 Å². The van der Waals surface area contributed by atoms with Crippen LogP contribution in [0.15, 0.2) is 23.1 Å². The number of hydrogen-bond acceptors (Lipinski definition) is 4. The molecule has 0 heterocycles. The zero-order chi connectivity index (χ0) is 17.7. The first-order valence-electron chi connectivity index (χ1n) is 7.79. The molecule has 132 valence electrons. The van der Waals surface area contributed by atoms with Gasteiger partial charge < -0.3 is 0 Å².